The summed E-state index contributed by atoms with van der Waals surface area (Å²) in [6, 6.07) is 0. The first-order valence-electron chi connectivity index (χ1n) is 9.82. The van der Waals surface area contributed by atoms with Crippen LogP contribution < -0.4 is 0 Å². The van der Waals surface area contributed by atoms with Crippen LogP contribution in [0.15, 0.2) is 86.0 Å². The van der Waals surface area contributed by atoms with Gasteiger partial charge < -0.3 is 0 Å². The topological polar surface area (TPSA) is 0 Å². The maximum atomic E-state index is 3.15. The Balaban J connectivity index is 0.000000220. The van der Waals surface area contributed by atoms with Crippen LogP contribution >= 0.6 is 31.9 Å². The van der Waals surface area contributed by atoms with E-state index in [2.05, 4.69) is 105 Å². The summed E-state index contributed by atoms with van der Waals surface area (Å²) in [5, 5.41) is 2.12. The van der Waals surface area contributed by atoms with Crippen molar-refractivity contribution in [2.24, 2.45) is 0 Å². The van der Waals surface area contributed by atoms with Gasteiger partial charge in [0.05, 0.1) is 0 Å². The molecule has 0 aliphatic heterocycles. The van der Waals surface area contributed by atoms with E-state index in [0.29, 0.717) is 0 Å². The molecule has 0 N–H and O–H groups in total. The van der Waals surface area contributed by atoms with Gasteiger partial charge in [0.1, 0.15) is 0 Å². The van der Waals surface area contributed by atoms with Crippen molar-refractivity contribution < 1.29 is 46.5 Å². The molecular weight excluding hydrogens is 631 g/mol. The Kier molecular flexibility index (Phi) is 17.6. The fourth-order valence-electron chi connectivity index (χ4n) is 2.57. The molecular formula is C24H30Br2Zr2. The van der Waals surface area contributed by atoms with E-state index in [-0.39, 0.29) is 46.5 Å². The Hall–Kier alpha value is 0.646. The third-order valence-electron chi connectivity index (χ3n) is 3.73. The van der Waals surface area contributed by atoms with E-state index in [1.165, 1.54) is 25.7 Å². The van der Waals surface area contributed by atoms with Crippen molar-refractivity contribution in [3.05, 3.63) is 86.0 Å². The molecule has 0 aromatic heterocycles. The summed E-state index contributed by atoms with van der Waals surface area (Å²) in [5.74, 6) is 0. The van der Waals surface area contributed by atoms with Gasteiger partial charge in [-0.1, -0.05) is 45.7 Å². The van der Waals surface area contributed by atoms with Crippen molar-refractivity contribution in [2.45, 2.75) is 39.5 Å². The van der Waals surface area contributed by atoms with E-state index in [1.54, 1.807) is 13.1 Å². The Morgan fingerprint density at radius 1 is 0.571 bits per heavy atom. The van der Waals surface area contributed by atoms with E-state index < -0.39 is 0 Å². The van der Waals surface area contributed by atoms with E-state index >= 15 is 0 Å². The van der Waals surface area contributed by atoms with Gasteiger partial charge >= 0.3 is 158 Å². The van der Waals surface area contributed by atoms with Crippen LogP contribution in [-0.2, 0) is 46.5 Å². The van der Waals surface area contributed by atoms with Crippen LogP contribution in [-0.4, -0.2) is 10.7 Å². The molecule has 0 aromatic rings. The minimum atomic E-state index is -0.312. The van der Waals surface area contributed by atoms with Crippen LogP contribution in [0, 0.1) is 0 Å². The Morgan fingerprint density at radius 3 is 0.929 bits per heavy atom. The summed E-state index contributed by atoms with van der Waals surface area (Å²) in [4.78, 5) is 0. The van der Waals surface area contributed by atoms with E-state index in [1.807, 2.05) is 13.8 Å². The van der Waals surface area contributed by atoms with Crippen LogP contribution in [0.25, 0.3) is 0 Å². The molecule has 0 saturated heterocycles. The molecule has 4 aliphatic rings. The largest absolute Gasteiger partial charge is 0.0931 e. The molecule has 148 valence electrons. The Labute approximate surface area is 212 Å². The van der Waals surface area contributed by atoms with Crippen molar-refractivity contribution in [3.63, 3.8) is 0 Å². The normalized spacial score (nSPS) is 17.3. The third-order valence-corrected chi connectivity index (χ3v) is 10.5. The monoisotopic (exact) mass is 656 g/mol. The molecule has 4 rings (SSSR count). The average Bonchev–Trinajstić information content (AvgIpc) is 3.48. The molecule has 4 aliphatic carbocycles. The van der Waals surface area contributed by atoms with Crippen LogP contribution in [0.3, 0.4) is 0 Å². The molecule has 0 fully saturated rings. The minimum Gasteiger partial charge on any atom is -0.0931 e. The fourth-order valence-corrected chi connectivity index (χ4v) is 8.53. The minimum absolute atomic E-state index is 0.312. The maximum Gasteiger partial charge on any atom is 0.000281 e. The number of allylic oxidation sites excluding steroid dienone is 16. The van der Waals surface area contributed by atoms with E-state index in [0.717, 1.165) is 10.7 Å². The molecule has 0 atom stereocenters. The van der Waals surface area contributed by atoms with Crippen LogP contribution in [0.1, 0.15) is 39.5 Å². The Bertz CT molecular complexity index is 573. The van der Waals surface area contributed by atoms with Gasteiger partial charge in [-0.25, -0.2) is 0 Å². The van der Waals surface area contributed by atoms with Crippen LogP contribution in [0.4, 0.5) is 0 Å². The number of alkyl halides is 2. The molecule has 4 heteroatoms. The second-order valence-electron chi connectivity index (χ2n) is 6.08. The summed E-state index contributed by atoms with van der Waals surface area (Å²) in [7, 11) is 0. The summed E-state index contributed by atoms with van der Waals surface area (Å²) in [6.07, 6.45) is 32.0. The van der Waals surface area contributed by atoms with Crippen molar-refractivity contribution >= 4 is 31.9 Å². The second-order valence-corrected chi connectivity index (χ2v) is 15.9. The van der Waals surface area contributed by atoms with Crippen molar-refractivity contribution in [3.8, 4) is 0 Å². The average molecular weight is 661 g/mol. The predicted molar refractivity (Wildman–Crippen MR) is 126 cm³/mol. The van der Waals surface area contributed by atoms with Gasteiger partial charge in [-0.2, -0.15) is 0 Å². The van der Waals surface area contributed by atoms with Gasteiger partial charge in [0, 0.05) is 10.7 Å². The molecule has 0 amide bonds. The molecule has 28 heavy (non-hydrogen) atoms. The molecule has 0 aromatic carbocycles. The summed E-state index contributed by atoms with van der Waals surface area (Å²) < 4.78 is 6.90. The number of halogens is 2. The van der Waals surface area contributed by atoms with Gasteiger partial charge in [0.15, 0.2) is 0 Å². The van der Waals surface area contributed by atoms with Crippen molar-refractivity contribution in [1.82, 2.24) is 0 Å². The maximum absolute atomic E-state index is 3.15. The number of hydrogen-bond acceptors (Lipinski definition) is 0. The first-order valence-corrected chi connectivity index (χ1v) is 17.0. The van der Waals surface area contributed by atoms with Gasteiger partial charge in [-0.15, -0.1) is 0 Å². The quantitative estimate of drug-likeness (QED) is 0.266. The van der Waals surface area contributed by atoms with Crippen molar-refractivity contribution in [1.29, 1.82) is 0 Å². The standard InChI is InChI=1S/4C5H5.2C2H5Br.2Zr/c4*1-2-4-5-3-1;2*1-2-3;;/h4*1-3H,4H2;2*2H2,1H3;;. The molecule has 0 saturated carbocycles. The smallest absolute Gasteiger partial charge is 0.000281 e. The summed E-state index contributed by atoms with van der Waals surface area (Å²) in [6.45, 7) is 4.08. The van der Waals surface area contributed by atoms with E-state index in [4.69, 9.17) is 0 Å². The zero-order valence-corrected chi connectivity index (χ0v) is 25.0. The summed E-state index contributed by atoms with van der Waals surface area (Å²) >= 11 is 5.67. The molecule has 0 unspecified atom stereocenters. The molecule has 0 heterocycles. The van der Waals surface area contributed by atoms with Crippen LogP contribution in [0.2, 0.25) is 0 Å². The van der Waals surface area contributed by atoms with Gasteiger partial charge in [0.2, 0.25) is 0 Å². The van der Waals surface area contributed by atoms with E-state index in [9.17, 15) is 0 Å². The third kappa shape index (κ3) is 13.1. The van der Waals surface area contributed by atoms with Gasteiger partial charge in [-0.05, 0) is 0 Å². The molecule has 0 radical (unpaired) electrons. The van der Waals surface area contributed by atoms with Gasteiger partial charge in [0.25, 0.3) is 0 Å². The second kappa shape index (κ2) is 18.4. The molecule has 0 bridgehead atoms. The molecule has 0 spiro atoms. The zero-order valence-electron chi connectivity index (χ0n) is 16.9. The SMILES string of the molecule is C1=CC[C]([Zr][C]2=CC=CC2)=C1.C1=CC[C]([Zr][C]2=CC=CC2)=C1.CCBr.CCBr. The molecule has 0 nitrogen and oxygen atoms in total. The van der Waals surface area contributed by atoms with Gasteiger partial charge in [-0.3, -0.25) is 0 Å². The fraction of sp³-hybridized carbons (Fsp3) is 0.333. The number of hydrogen-bond donors (Lipinski definition) is 0. The summed E-state index contributed by atoms with van der Waals surface area (Å²) in [5.41, 5.74) is 0. The van der Waals surface area contributed by atoms with Crippen molar-refractivity contribution in [2.75, 3.05) is 10.7 Å². The first kappa shape index (κ1) is 26.7. The predicted octanol–water partition coefficient (Wildman–Crippen LogP) is 8.32. The number of rotatable bonds is 4. The zero-order chi connectivity index (χ0) is 20.5. The Morgan fingerprint density at radius 2 is 0.786 bits per heavy atom. The van der Waals surface area contributed by atoms with Crippen LogP contribution in [0.5, 0.6) is 0 Å². The first-order chi connectivity index (χ1) is 13.7.